The number of nitrogens with one attached hydrogen (secondary N) is 2. The van der Waals surface area contributed by atoms with Crippen LogP contribution in [0.3, 0.4) is 0 Å². The standard InChI is InChI=1S/C22H24FN5O2/c1-2-25-22(30)17-4-3-5-18(13-17)26-21(29)15-27-8-10-28(11-9-27)20-7-6-16(14-24)12-19(20)23/h3-7,12-13H,2,8-11,15H2,1H3,(H,25,30)(H,26,29). The van der Waals surface area contributed by atoms with Gasteiger partial charge in [-0.1, -0.05) is 6.07 Å². The average molecular weight is 409 g/mol. The maximum absolute atomic E-state index is 14.2. The first kappa shape index (κ1) is 21.3. The lowest BCUT2D eigenvalue weighted by molar-refractivity contribution is -0.117. The number of hydrogen-bond acceptors (Lipinski definition) is 5. The number of carbonyl (C=O) groups is 2. The molecule has 2 aromatic carbocycles. The number of anilines is 2. The number of nitrogens with zero attached hydrogens (tertiary/aromatic N) is 3. The SMILES string of the molecule is CCNC(=O)c1cccc(NC(=O)CN2CCN(c3ccc(C#N)cc3F)CC2)c1. The zero-order valence-corrected chi connectivity index (χ0v) is 16.8. The molecule has 156 valence electrons. The summed E-state index contributed by atoms with van der Waals surface area (Å²) in [5.74, 6) is -0.756. The molecule has 0 spiro atoms. The van der Waals surface area contributed by atoms with E-state index < -0.39 is 5.82 Å². The third kappa shape index (κ3) is 5.33. The van der Waals surface area contributed by atoms with Crippen LogP contribution in [0.5, 0.6) is 0 Å². The zero-order valence-electron chi connectivity index (χ0n) is 16.8. The summed E-state index contributed by atoms with van der Waals surface area (Å²) in [6.45, 7) is 5.00. The summed E-state index contributed by atoms with van der Waals surface area (Å²) in [7, 11) is 0. The third-order valence-corrected chi connectivity index (χ3v) is 4.90. The van der Waals surface area contributed by atoms with E-state index in [1.807, 2.05) is 22.8 Å². The highest BCUT2D eigenvalue weighted by Crippen LogP contribution is 2.22. The maximum Gasteiger partial charge on any atom is 0.251 e. The number of rotatable bonds is 6. The average Bonchev–Trinajstić information content (AvgIpc) is 2.74. The van der Waals surface area contributed by atoms with Crippen molar-refractivity contribution >= 4 is 23.2 Å². The molecule has 0 saturated carbocycles. The van der Waals surface area contributed by atoms with Crippen LogP contribution in [-0.2, 0) is 4.79 Å². The Hall–Kier alpha value is -3.44. The molecule has 2 amide bonds. The molecule has 0 aliphatic carbocycles. The molecule has 1 aliphatic heterocycles. The first-order valence-corrected chi connectivity index (χ1v) is 9.85. The number of amides is 2. The normalized spacial score (nSPS) is 14.1. The summed E-state index contributed by atoms with van der Waals surface area (Å²) < 4.78 is 14.2. The number of hydrogen-bond donors (Lipinski definition) is 2. The van der Waals surface area contributed by atoms with Crippen molar-refractivity contribution in [1.29, 1.82) is 5.26 Å². The summed E-state index contributed by atoms with van der Waals surface area (Å²) in [6, 6.07) is 13.2. The van der Waals surface area contributed by atoms with Gasteiger partial charge >= 0.3 is 0 Å². The Kier molecular flexibility index (Phi) is 6.99. The maximum atomic E-state index is 14.2. The van der Waals surface area contributed by atoms with Crippen molar-refractivity contribution < 1.29 is 14.0 Å². The molecule has 2 N–H and O–H groups in total. The minimum absolute atomic E-state index is 0.166. The van der Waals surface area contributed by atoms with Crippen molar-refractivity contribution in [2.45, 2.75) is 6.92 Å². The fourth-order valence-corrected chi connectivity index (χ4v) is 3.38. The predicted octanol–water partition coefficient (Wildman–Crippen LogP) is 2.21. The van der Waals surface area contributed by atoms with Crippen molar-refractivity contribution in [2.24, 2.45) is 0 Å². The Morgan fingerprint density at radius 3 is 2.57 bits per heavy atom. The van der Waals surface area contributed by atoms with E-state index in [0.29, 0.717) is 55.2 Å². The van der Waals surface area contributed by atoms with Gasteiger partial charge in [0.1, 0.15) is 5.82 Å². The van der Waals surface area contributed by atoms with E-state index in [1.165, 1.54) is 6.07 Å². The van der Waals surface area contributed by atoms with Gasteiger partial charge in [-0.3, -0.25) is 14.5 Å². The molecule has 8 heteroatoms. The molecule has 1 aliphatic rings. The van der Waals surface area contributed by atoms with E-state index in [2.05, 4.69) is 10.6 Å². The first-order valence-electron chi connectivity index (χ1n) is 9.85. The molecule has 0 radical (unpaired) electrons. The van der Waals surface area contributed by atoms with Crippen LogP contribution < -0.4 is 15.5 Å². The molecule has 2 aromatic rings. The molecule has 0 unspecified atom stereocenters. The van der Waals surface area contributed by atoms with Gasteiger partial charge in [-0.2, -0.15) is 5.26 Å². The molecule has 3 rings (SSSR count). The monoisotopic (exact) mass is 409 g/mol. The third-order valence-electron chi connectivity index (χ3n) is 4.90. The highest BCUT2D eigenvalue weighted by molar-refractivity contribution is 5.97. The second-order valence-corrected chi connectivity index (χ2v) is 7.03. The Balaban J connectivity index is 1.52. The summed E-state index contributed by atoms with van der Waals surface area (Å²) in [5.41, 5.74) is 1.83. The van der Waals surface area contributed by atoms with Crippen LogP contribution in [0.1, 0.15) is 22.8 Å². The number of piperazine rings is 1. The van der Waals surface area contributed by atoms with E-state index in [0.717, 1.165) is 0 Å². The first-order chi connectivity index (χ1) is 14.5. The van der Waals surface area contributed by atoms with E-state index >= 15 is 0 Å². The lowest BCUT2D eigenvalue weighted by Gasteiger charge is -2.35. The summed E-state index contributed by atoms with van der Waals surface area (Å²) in [4.78, 5) is 28.3. The molecule has 30 heavy (non-hydrogen) atoms. The van der Waals surface area contributed by atoms with Gasteiger partial charge in [0, 0.05) is 44.0 Å². The lowest BCUT2D eigenvalue weighted by Crippen LogP contribution is -2.48. The zero-order chi connectivity index (χ0) is 21.5. The number of nitriles is 1. The molecule has 7 nitrogen and oxygen atoms in total. The van der Waals surface area contributed by atoms with Crippen molar-refractivity contribution in [2.75, 3.05) is 49.5 Å². The van der Waals surface area contributed by atoms with Crippen LogP contribution in [0, 0.1) is 17.1 Å². The van der Waals surface area contributed by atoms with Gasteiger partial charge in [-0.15, -0.1) is 0 Å². The Morgan fingerprint density at radius 1 is 1.13 bits per heavy atom. The quantitative estimate of drug-likeness (QED) is 0.764. The van der Waals surface area contributed by atoms with E-state index in [4.69, 9.17) is 5.26 Å². The molecule has 1 fully saturated rings. The van der Waals surface area contributed by atoms with Crippen LogP contribution in [0.15, 0.2) is 42.5 Å². The van der Waals surface area contributed by atoms with Crippen molar-refractivity contribution in [3.8, 4) is 6.07 Å². The van der Waals surface area contributed by atoms with Gasteiger partial charge in [0.05, 0.1) is 23.9 Å². The van der Waals surface area contributed by atoms with Gasteiger partial charge < -0.3 is 15.5 Å². The van der Waals surface area contributed by atoms with Crippen LogP contribution in [0.2, 0.25) is 0 Å². The van der Waals surface area contributed by atoms with Gasteiger partial charge in [0.2, 0.25) is 5.91 Å². The number of halogens is 1. The predicted molar refractivity (Wildman–Crippen MR) is 113 cm³/mol. The Morgan fingerprint density at radius 2 is 1.90 bits per heavy atom. The van der Waals surface area contributed by atoms with Crippen LogP contribution in [0.25, 0.3) is 0 Å². The van der Waals surface area contributed by atoms with Gasteiger partial charge in [0.15, 0.2) is 0 Å². The molecule has 0 aromatic heterocycles. The van der Waals surface area contributed by atoms with Gasteiger partial charge in [0.25, 0.3) is 5.91 Å². The van der Waals surface area contributed by atoms with Crippen molar-refractivity contribution in [3.63, 3.8) is 0 Å². The highest BCUT2D eigenvalue weighted by Gasteiger charge is 2.21. The highest BCUT2D eigenvalue weighted by atomic mass is 19.1. The number of benzene rings is 2. The fraction of sp³-hybridized carbons (Fsp3) is 0.318. The molecule has 0 bridgehead atoms. The van der Waals surface area contributed by atoms with Gasteiger partial charge in [-0.25, -0.2) is 4.39 Å². The summed E-state index contributed by atoms with van der Waals surface area (Å²) >= 11 is 0. The molecular weight excluding hydrogens is 385 g/mol. The molecule has 1 saturated heterocycles. The second-order valence-electron chi connectivity index (χ2n) is 7.03. The minimum atomic E-state index is -0.410. The fourth-order valence-electron chi connectivity index (χ4n) is 3.38. The lowest BCUT2D eigenvalue weighted by atomic mass is 10.1. The summed E-state index contributed by atoms with van der Waals surface area (Å²) in [6.07, 6.45) is 0. The molecule has 1 heterocycles. The topological polar surface area (TPSA) is 88.5 Å². The Labute approximate surface area is 175 Å². The van der Waals surface area contributed by atoms with Crippen molar-refractivity contribution in [3.05, 3.63) is 59.4 Å². The second kappa shape index (κ2) is 9.85. The van der Waals surface area contributed by atoms with Crippen LogP contribution in [0.4, 0.5) is 15.8 Å². The smallest absolute Gasteiger partial charge is 0.251 e. The largest absolute Gasteiger partial charge is 0.367 e. The van der Waals surface area contributed by atoms with Crippen LogP contribution >= 0.6 is 0 Å². The van der Waals surface area contributed by atoms with E-state index in [9.17, 15) is 14.0 Å². The number of carbonyl (C=O) groups excluding carboxylic acids is 2. The van der Waals surface area contributed by atoms with Gasteiger partial charge in [-0.05, 0) is 43.3 Å². The van der Waals surface area contributed by atoms with E-state index in [-0.39, 0.29) is 18.4 Å². The van der Waals surface area contributed by atoms with Crippen molar-refractivity contribution in [1.82, 2.24) is 10.2 Å². The summed E-state index contributed by atoms with van der Waals surface area (Å²) in [5, 5.41) is 14.4. The van der Waals surface area contributed by atoms with Crippen LogP contribution in [-0.4, -0.2) is 56.0 Å². The minimum Gasteiger partial charge on any atom is -0.367 e. The Bertz CT molecular complexity index is 964. The molecule has 0 atom stereocenters. The molecular formula is C22H24FN5O2. The van der Waals surface area contributed by atoms with E-state index in [1.54, 1.807) is 36.4 Å².